The standard InChI is InChI=1S/C14H15F3N2O3/c15-14(16,17)8-22-12-4-2-10(6-18-12)13(21)19-11-3-1-9(5-11)7-20/h1-4,6,9,11,20H,5,7-8H2,(H,19,21)/t9-,11+/m0/s1. The summed E-state index contributed by atoms with van der Waals surface area (Å²) in [5.74, 6) is -0.556. The lowest BCUT2D eigenvalue weighted by molar-refractivity contribution is -0.154. The van der Waals surface area contributed by atoms with Gasteiger partial charge in [0.15, 0.2) is 6.61 Å². The molecule has 0 spiro atoms. The molecule has 1 aromatic rings. The molecule has 0 saturated heterocycles. The van der Waals surface area contributed by atoms with E-state index in [-0.39, 0.29) is 35.9 Å². The highest BCUT2D eigenvalue weighted by Crippen LogP contribution is 2.19. The normalized spacial score (nSPS) is 20.9. The van der Waals surface area contributed by atoms with Crippen LogP contribution in [0.25, 0.3) is 0 Å². The molecule has 0 unspecified atom stereocenters. The summed E-state index contributed by atoms with van der Waals surface area (Å²) in [6.45, 7) is -1.41. The summed E-state index contributed by atoms with van der Waals surface area (Å²) in [5.41, 5.74) is 0.222. The Hall–Kier alpha value is -2.09. The van der Waals surface area contributed by atoms with Crippen molar-refractivity contribution in [2.24, 2.45) is 5.92 Å². The Morgan fingerprint density at radius 1 is 1.41 bits per heavy atom. The van der Waals surface area contributed by atoms with E-state index in [1.165, 1.54) is 12.1 Å². The van der Waals surface area contributed by atoms with E-state index < -0.39 is 12.8 Å². The van der Waals surface area contributed by atoms with Crippen LogP contribution in [0.4, 0.5) is 13.2 Å². The summed E-state index contributed by atoms with van der Waals surface area (Å²) in [6, 6.07) is 2.38. The number of rotatable bonds is 5. The second-order valence-electron chi connectivity index (χ2n) is 4.93. The highest BCUT2D eigenvalue weighted by molar-refractivity contribution is 5.94. The fraction of sp³-hybridized carbons (Fsp3) is 0.429. The average Bonchev–Trinajstić information content (AvgIpc) is 2.92. The third-order valence-electron chi connectivity index (χ3n) is 3.11. The molecule has 22 heavy (non-hydrogen) atoms. The minimum absolute atomic E-state index is 0.0235. The van der Waals surface area contributed by atoms with E-state index >= 15 is 0 Å². The predicted octanol–water partition coefficient (Wildman–Crippen LogP) is 1.69. The van der Waals surface area contributed by atoms with E-state index in [1.54, 1.807) is 6.08 Å². The first-order chi connectivity index (χ1) is 10.4. The van der Waals surface area contributed by atoms with E-state index in [0.29, 0.717) is 6.42 Å². The van der Waals surface area contributed by atoms with Crippen LogP contribution in [0.15, 0.2) is 30.5 Å². The van der Waals surface area contributed by atoms with Crippen molar-refractivity contribution >= 4 is 5.91 Å². The Balaban J connectivity index is 1.87. The van der Waals surface area contributed by atoms with E-state index in [0.717, 1.165) is 6.20 Å². The molecule has 2 rings (SSSR count). The molecule has 1 amide bonds. The molecule has 0 radical (unpaired) electrons. The maximum atomic E-state index is 12.0. The number of aromatic nitrogens is 1. The van der Waals surface area contributed by atoms with Crippen LogP contribution in [-0.2, 0) is 0 Å². The van der Waals surface area contributed by atoms with Gasteiger partial charge in [-0.1, -0.05) is 12.2 Å². The first-order valence-electron chi connectivity index (χ1n) is 6.63. The highest BCUT2D eigenvalue weighted by atomic mass is 19.4. The number of nitrogens with one attached hydrogen (secondary N) is 1. The quantitative estimate of drug-likeness (QED) is 0.811. The van der Waals surface area contributed by atoms with E-state index in [4.69, 9.17) is 5.11 Å². The van der Waals surface area contributed by atoms with Crippen LogP contribution >= 0.6 is 0 Å². The number of aliphatic hydroxyl groups is 1. The number of hydrogen-bond donors (Lipinski definition) is 2. The van der Waals surface area contributed by atoms with Crippen LogP contribution in [0.1, 0.15) is 16.8 Å². The van der Waals surface area contributed by atoms with Gasteiger partial charge in [-0.05, 0) is 12.5 Å². The van der Waals surface area contributed by atoms with Crippen LogP contribution in [-0.4, -0.2) is 41.4 Å². The molecule has 0 aromatic carbocycles. The van der Waals surface area contributed by atoms with Gasteiger partial charge in [0.2, 0.25) is 5.88 Å². The van der Waals surface area contributed by atoms with Gasteiger partial charge in [-0.15, -0.1) is 0 Å². The molecule has 2 N–H and O–H groups in total. The van der Waals surface area contributed by atoms with Crippen molar-refractivity contribution in [2.75, 3.05) is 13.2 Å². The lowest BCUT2D eigenvalue weighted by Gasteiger charge is -2.13. The second kappa shape index (κ2) is 6.78. The molecule has 120 valence electrons. The predicted molar refractivity (Wildman–Crippen MR) is 71.4 cm³/mol. The number of pyridine rings is 1. The zero-order chi connectivity index (χ0) is 16.2. The molecule has 8 heteroatoms. The van der Waals surface area contributed by atoms with Crippen molar-refractivity contribution < 1.29 is 27.8 Å². The zero-order valence-corrected chi connectivity index (χ0v) is 11.5. The van der Waals surface area contributed by atoms with Gasteiger partial charge in [-0.2, -0.15) is 13.2 Å². The molecule has 5 nitrogen and oxygen atoms in total. The molecule has 1 heterocycles. The van der Waals surface area contributed by atoms with Crippen molar-refractivity contribution in [3.05, 3.63) is 36.0 Å². The number of aliphatic hydroxyl groups excluding tert-OH is 1. The Kier molecular flexibility index (Phi) is 5.02. The number of ether oxygens (including phenoxy) is 1. The number of amides is 1. The van der Waals surface area contributed by atoms with Gasteiger partial charge in [-0.25, -0.2) is 4.98 Å². The number of halogens is 3. The summed E-state index contributed by atoms with van der Waals surface area (Å²) in [6.07, 6.45) is 0.964. The van der Waals surface area contributed by atoms with Crippen LogP contribution in [0.5, 0.6) is 5.88 Å². The summed E-state index contributed by atoms with van der Waals surface area (Å²) >= 11 is 0. The number of alkyl halides is 3. The van der Waals surface area contributed by atoms with E-state index in [2.05, 4.69) is 15.0 Å². The maximum Gasteiger partial charge on any atom is 0.422 e. The maximum absolute atomic E-state index is 12.0. The third-order valence-corrected chi connectivity index (χ3v) is 3.11. The number of carbonyl (C=O) groups is 1. The van der Waals surface area contributed by atoms with Gasteiger partial charge >= 0.3 is 6.18 Å². The fourth-order valence-electron chi connectivity index (χ4n) is 2.02. The van der Waals surface area contributed by atoms with Crippen molar-refractivity contribution in [3.8, 4) is 5.88 Å². The third kappa shape index (κ3) is 4.73. The topological polar surface area (TPSA) is 71.5 Å². The van der Waals surface area contributed by atoms with Crippen molar-refractivity contribution in [2.45, 2.75) is 18.6 Å². The Bertz CT molecular complexity index is 543. The smallest absolute Gasteiger partial charge is 0.422 e. The average molecular weight is 316 g/mol. The van der Waals surface area contributed by atoms with E-state index in [1.807, 2.05) is 6.08 Å². The Morgan fingerprint density at radius 3 is 2.73 bits per heavy atom. The summed E-state index contributed by atoms with van der Waals surface area (Å²) < 4.78 is 40.4. The lowest BCUT2D eigenvalue weighted by atomic mass is 10.1. The lowest BCUT2D eigenvalue weighted by Crippen LogP contribution is -2.33. The molecule has 2 atom stereocenters. The molecule has 0 aliphatic heterocycles. The molecule has 0 saturated carbocycles. The second-order valence-corrected chi connectivity index (χ2v) is 4.93. The number of carbonyl (C=O) groups excluding carboxylic acids is 1. The first kappa shape index (κ1) is 16.3. The van der Waals surface area contributed by atoms with Gasteiger partial charge in [0.25, 0.3) is 5.91 Å². The van der Waals surface area contributed by atoms with Crippen LogP contribution in [0.2, 0.25) is 0 Å². The molecule has 1 aromatic heterocycles. The molecule has 1 aliphatic carbocycles. The van der Waals surface area contributed by atoms with Crippen molar-refractivity contribution in [1.29, 1.82) is 0 Å². The monoisotopic (exact) mass is 316 g/mol. The number of hydrogen-bond acceptors (Lipinski definition) is 4. The molecule has 0 bridgehead atoms. The van der Waals surface area contributed by atoms with Gasteiger partial charge in [0.05, 0.1) is 5.56 Å². The van der Waals surface area contributed by atoms with Gasteiger partial charge in [-0.3, -0.25) is 4.79 Å². The van der Waals surface area contributed by atoms with Gasteiger partial charge < -0.3 is 15.2 Å². The molecule has 0 fully saturated rings. The van der Waals surface area contributed by atoms with Gasteiger partial charge in [0.1, 0.15) is 0 Å². The Morgan fingerprint density at radius 2 is 2.18 bits per heavy atom. The summed E-state index contributed by atoms with van der Waals surface area (Å²) in [4.78, 5) is 15.6. The minimum atomic E-state index is -4.43. The molecule has 1 aliphatic rings. The minimum Gasteiger partial charge on any atom is -0.468 e. The van der Waals surface area contributed by atoms with Crippen molar-refractivity contribution in [3.63, 3.8) is 0 Å². The SMILES string of the molecule is O=C(N[C@@H]1C=C[C@H](CO)C1)c1ccc(OCC(F)(F)F)nc1. The summed E-state index contributed by atoms with van der Waals surface area (Å²) in [7, 11) is 0. The molecular weight excluding hydrogens is 301 g/mol. The molecular formula is C14H15F3N2O3. The zero-order valence-electron chi connectivity index (χ0n) is 11.5. The van der Waals surface area contributed by atoms with Crippen molar-refractivity contribution in [1.82, 2.24) is 10.3 Å². The largest absolute Gasteiger partial charge is 0.468 e. The fourth-order valence-corrected chi connectivity index (χ4v) is 2.02. The van der Waals surface area contributed by atoms with Crippen LogP contribution in [0.3, 0.4) is 0 Å². The van der Waals surface area contributed by atoms with E-state index in [9.17, 15) is 18.0 Å². The number of nitrogens with zero attached hydrogens (tertiary/aromatic N) is 1. The van der Waals surface area contributed by atoms with Gasteiger partial charge in [0, 0.05) is 30.8 Å². The Labute approximate surface area is 124 Å². The van der Waals surface area contributed by atoms with Crippen LogP contribution < -0.4 is 10.1 Å². The first-order valence-corrected chi connectivity index (χ1v) is 6.63. The summed E-state index contributed by atoms with van der Waals surface area (Å²) in [5, 5.41) is 11.7. The highest BCUT2D eigenvalue weighted by Gasteiger charge is 2.28. The van der Waals surface area contributed by atoms with Crippen LogP contribution in [0, 0.1) is 5.92 Å².